The number of nitrogens with one attached hydrogen (secondary N) is 1. The Morgan fingerprint density at radius 3 is 2.61 bits per heavy atom. The first-order chi connectivity index (χ1) is 15.7. The van der Waals surface area contributed by atoms with Crippen LogP contribution < -0.4 is 5.32 Å². The Morgan fingerprint density at radius 1 is 1.12 bits per heavy atom. The highest BCUT2D eigenvalue weighted by molar-refractivity contribution is 5.85. The minimum Gasteiger partial charge on any atom is -0.318 e. The average molecular weight is 460 g/mol. The van der Waals surface area contributed by atoms with Crippen LogP contribution >= 0.6 is 0 Å². The molecule has 0 radical (unpaired) electrons. The zero-order chi connectivity index (χ0) is 23.8. The molecule has 6 nitrogen and oxygen atoms in total. The van der Waals surface area contributed by atoms with Gasteiger partial charge >= 0.3 is 6.09 Å². The van der Waals surface area contributed by atoms with Crippen LogP contribution in [0.1, 0.15) is 85.5 Å². The van der Waals surface area contributed by atoms with E-state index in [9.17, 15) is 9.59 Å². The second-order valence-electron chi connectivity index (χ2n) is 11.8. The summed E-state index contributed by atoms with van der Waals surface area (Å²) in [5, 5.41) is 7.45. The summed E-state index contributed by atoms with van der Waals surface area (Å²) in [4.78, 5) is 31.7. The van der Waals surface area contributed by atoms with Crippen molar-refractivity contribution in [1.82, 2.24) is 10.2 Å². The normalized spacial score (nSPS) is 40.6. The number of amides is 1. The van der Waals surface area contributed by atoms with E-state index in [0.717, 1.165) is 55.7 Å². The fraction of sp³-hybridized carbons (Fsp3) is 0.889. The van der Waals surface area contributed by atoms with Crippen LogP contribution in [0.15, 0.2) is 5.16 Å². The molecule has 4 saturated carbocycles. The lowest BCUT2D eigenvalue weighted by molar-refractivity contribution is -0.138. The van der Waals surface area contributed by atoms with E-state index in [1.807, 2.05) is 14.0 Å². The Labute approximate surface area is 200 Å². The number of rotatable bonds is 6. The van der Waals surface area contributed by atoms with Gasteiger partial charge in [0.1, 0.15) is 5.78 Å². The Kier molecular flexibility index (Phi) is 7.24. The smallest absolute Gasteiger partial charge is 0.318 e. The van der Waals surface area contributed by atoms with Gasteiger partial charge in [-0.15, -0.1) is 0 Å². The molecule has 33 heavy (non-hydrogen) atoms. The summed E-state index contributed by atoms with van der Waals surface area (Å²) in [5.74, 6) is 3.75. The molecule has 1 amide bonds. The Hall–Kier alpha value is -1.43. The third-order valence-electron chi connectivity index (χ3n) is 10.5. The Balaban J connectivity index is 1.45. The lowest BCUT2D eigenvalue weighted by Crippen LogP contribution is -2.53. The van der Waals surface area contributed by atoms with Gasteiger partial charge in [-0.1, -0.05) is 19.0 Å². The van der Waals surface area contributed by atoms with E-state index in [-0.39, 0.29) is 11.5 Å². The van der Waals surface area contributed by atoms with Crippen molar-refractivity contribution in [2.45, 2.75) is 85.5 Å². The zero-order valence-corrected chi connectivity index (χ0v) is 21.5. The van der Waals surface area contributed by atoms with Gasteiger partial charge in [-0.2, -0.15) is 0 Å². The number of hydrogen-bond acceptors (Lipinski definition) is 5. The number of carbonyl (C=O) groups excluding carboxylic acids is 2. The molecule has 4 fully saturated rings. The number of fused-ring (bicyclic) bond motifs is 5. The van der Waals surface area contributed by atoms with Crippen LogP contribution in [0.4, 0.5) is 4.79 Å². The summed E-state index contributed by atoms with van der Waals surface area (Å²) >= 11 is 0. The molecule has 6 heteroatoms. The molecular weight excluding hydrogens is 414 g/mol. The average Bonchev–Trinajstić information content (AvgIpc) is 3.15. The fourth-order valence-electron chi connectivity index (χ4n) is 8.59. The zero-order valence-electron chi connectivity index (χ0n) is 21.5. The van der Waals surface area contributed by atoms with Crippen molar-refractivity contribution in [2.75, 3.05) is 26.7 Å². The van der Waals surface area contributed by atoms with Crippen molar-refractivity contribution in [3.63, 3.8) is 0 Å². The van der Waals surface area contributed by atoms with Crippen molar-refractivity contribution in [3.05, 3.63) is 0 Å². The predicted octanol–water partition coefficient (Wildman–Crippen LogP) is 5.27. The number of carbonyl (C=O) groups is 2. The SMILES string of the molecule is CCN(CCNC)C(=O)O/N=C(\C)[C@H]1CC[C@H]2[C@@H]3CC[C@H]4CC(=O)CC[C@]4(C)[C@H]3CC[C@]12C. The molecule has 4 rings (SSSR count). The molecule has 0 spiro atoms. The van der Waals surface area contributed by atoms with Crippen LogP contribution in [0.2, 0.25) is 0 Å². The van der Waals surface area contributed by atoms with Crippen molar-refractivity contribution in [1.29, 1.82) is 0 Å². The largest absolute Gasteiger partial charge is 0.436 e. The van der Waals surface area contributed by atoms with Crippen LogP contribution in [0.25, 0.3) is 0 Å². The number of ketones is 1. The van der Waals surface area contributed by atoms with E-state index in [1.165, 1.54) is 32.1 Å². The molecule has 0 aromatic heterocycles. The lowest BCUT2D eigenvalue weighted by Gasteiger charge is -2.60. The van der Waals surface area contributed by atoms with Gasteiger partial charge in [-0.05, 0) is 100 Å². The van der Waals surface area contributed by atoms with Gasteiger partial charge in [0.25, 0.3) is 0 Å². The van der Waals surface area contributed by atoms with Crippen LogP contribution in [0, 0.1) is 40.4 Å². The van der Waals surface area contributed by atoms with Crippen LogP contribution in [-0.4, -0.2) is 49.2 Å². The van der Waals surface area contributed by atoms with E-state index in [4.69, 9.17) is 4.84 Å². The summed E-state index contributed by atoms with van der Waals surface area (Å²) in [7, 11) is 1.88. The van der Waals surface area contributed by atoms with E-state index < -0.39 is 0 Å². The molecule has 1 N–H and O–H groups in total. The van der Waals surface area contributed by atoms with Gasteiger partial charge in [0.05, 0.1) is 5.71 Å². The van der Waals surface area contributed by atoms with E-state index in [2.05, 4.69) is 31.2 Å². The van der Waals surface area contributed by atoms with Crippen molar-refractivity contribution in [3.8, 4) is 0 Å². The maximum Gasteiger partial charge on any atom is 0.436 e. The third-order valence-corrected chi connectivity index (χ3v) is 10.5. The van der Waals surface area contributed by atoms with Crippen LogP contribution in [0.5, 0.6) is 0 Å². The van der Waals surface area contributed by atoms with Gasteiger partial charge in [0.2, 0.25) is 0 Å². The molecule has 0 aromatic rings. The van der Waals surface area contributed by atoms with E-state index >= 15 is 0 Å². The maximum absolute atomic E-state index is 12.5. The molecule has 4 aliphatic carbocycles. The first-order valence-electron chi connectivity index (χ1n) is 13.4. The fourth-order valence-corrected chi connectivity index (χ4v) is 8.59. The molecule has 186 valence electrons. The van der Waals surface area contributed by atoms with E-state index in [0.29, 0.717) is 36.1 Å². The molecule has 0 bridgehead atoms. The van der Waals surface area contributed by atoms with Gasteiger partial charge in [0, 0.05) is 38.4 Å². The molecule has 0 aliphatic heterocycles. The maximum atomic E-state index is 12.5. The Morgan fingerprint density at radius 2 is 1.88 bits per heavy atom. The summed E-state index contributed by atoms with van der Waals surface area (Å²) in [6.07, 6.45) is 9.78. The standard InChI is InChI=1S/C27H45N3O3/c1-6-30(16-15-28-5)25(32)33-29-18(2)22-9-10-23-21-8-7-19-17-20(31)11-13-26(19,3)24(21)12-14-27(22,23)4/h19,21-24,28H,6-17H2,1-5H3/b29-18+/t19-,21-,22+,23-,24-,26-,27+/m0/s1. The quantitative estimate of drug-likeness (QED) is 0.334. The topological polar surface area (TPSA) is 71.0 Å². The summed E-state index contributed by atoms with van der Waals surface area (Å²) in [6.45, 7) is 11.0. The van der Waals surface area contributed by atoms with Gasteiger partial charge in [0.15, 0.2) is 0 Å². The van der Waals surface area contributed by atoms with Crippen LogP contribution in [-0.2, 0) is 9.63 Å². The summed E-state index contributed by atoms with van der Waals surface area (Å²) < 4.78 is 0. The highest BCUT2D eigenvalue weighted by atomic mass is 16.7. The number of oxime groups is 1. The third kappa shape index (κ3) is 4.37. The monoisotopic (exact) mass is 459 g/mol. The first kappa shape index (κ1) is 24.7. The van der Waals surface area contributed by atoms with E-state index in [1.54, 1.807) is 4.90 Å². The van der Waals surface area contributed by atoms with Crippen molar-refractivity contribution >= 4 is 17.6 Å². The molecule has 0 aromatic carbocycles. The molecular formula is C27H45N3O3. The second kappa shape index (κ2) is 9.67. The van der Waals surface area contributed by atoms with Crippen molar-refractivity contribution < 1.29 is 14.4 Å². The summed E-state index contributed by atoms with van der Waals surface area (Å²) in [5.41, 5.74) is 1.58. The van der Waals surface area contributed by atoms with Gasteiger partial charge in [-0.25, -0.2) is 4.79 Å². The minimum atomic E-state index is -0.353. The number of hydrogen-bond donors (Lipinski definition) is 1. The molecule has 0 heterocycles. The van der Waals surface area contributed by atoms with Crippen LogP contribution in [0.3, 0.4) is 0 Å². The molecule has 4 aliphatic rings. The minimum absolute atomic E-state index is 0.241. The number of Topliss-reactive ketones (excluding diaryl/α,β-unsaturated/α-hetero) is 1. The molecule has 0 saturated heterocycles. The number of nitrogens with zero attached hydrogens (tertiary/aromatic N) is 2. The van der Waals surface area contributed by atoms with Gasteiger partial charge in [-0.3, -0.25) is 9.63 Å². The molecule has 0 unspecified atom stereocenters. The highest BCUT2D eigenvalue weighted by Gasteiger charge is 2.60. The molecule has 7 atom stereocenters. The Bertz CT molecular complexity index is 783. The number of likely N-dealkylation sites (N-methyl/N-ethyl adjacent to an activating group) is 2. The lowest BCUT2D eigenvalue weighted by atomic mass is 9.44. The predicted molar refractivity (Wildman–Crippen MR) is 131 cm³/mol. The first-order valence-corrected chi connectivity index (χ1v) is 13.4. The summed E-state index contributed by atoms with van der Waals surface area (Å²) in [6, 6.07) is 0. The highest BCUT2D eigenvalue weighted by Crippen LogP contribution is 2.67. The second-order valence-corrected chi connectivity index (χ2v) is 11.8. The van der Waals surface area contributed by atoms with Gasteiger partial charge < -0.3 is 10.2 Å². The van der Waals surface area contributed by atoms with Crippen molar-refractivity contribution in [2.24, 2.45) is 45.6 Å².